The zero-order chi connectivity index (χ0) is 14.1. The fraction of sp³-hybridized carbons (Fsp3) is 0.533. The highest BCUT2D eigenvalue weighted by Crippen LogP contribution is 2.08. The van der Waals surface area contributed by atoms with E-state index in [2.05, 4.69) is 12.2 Å². The molecule has 1 aromatic rings. The van der Waals surface area contributed by atoms with Gasteiger partial charge in [-0.05, 0) is 37.5 Å². The van der Waals surface area contributed by atoms with E-state index >= 15 is 0 Å². The van der Waals surface area contributed by atoms with Crippen molar-refractivity contribution < 1.29 is 13.9 Å². The number of amides is 1. The Hall–Kier alpha value is -1.42. The van der Waals surface area contributed by atoms with E-state index < -0.39 is 0 Å². The molecule has 19 heavy (non-hydrogen) atoms. The molecule has 0 saturated heterocycles. The number of halogens is 1. The van der Waals surface area contributed by atoms with Crippen LogP contribution in [0, 0.1) is 12.7 Å². The summed E-state index contributed by atoms with van der Waals surface area (Å²) in [7, 11) is 0. The molecule has 3 nitrogen and oxygen atoms in total. The van der Waals surface area contributed by atoms with E-state index in [0.717, 1.165) is 25.9 Å². The average Bonchev–Trinajstić information content (AvgIpc) is 2.40. The Morgan fingerprint density at radius 3 is 2.74 bits per heavy atom. The summed E-state index contributed by atoms with van der Waals surface area (Å²) in [6.45, 7) is 5.74. The monoisotopic (exact) mass is 267 g/mol. The van der Waals surface area contributed by atoms with Crippen LogP contribution in [0.4, 0.5) is 4.39 Å². The van der Waals surface area contributed by atoms with Crippen molar-refractivity contribution in [3.05, 3.63) is 35.1 Å². The SMILES string of the molecule is CCCCOCCCNC(=O)c1ccc(C)c(F)c1. The number of nitrogens with one attached hydrogen (secondary N) is 1. The molecule has 0 bridgehead atoms. The third kappa shape index (κ3) is 5.83. The number of rotatable bonds is 8. The maximum absolute atomic E-state index is 13.3. The smallest absolute Gasteiger partial charge is 0.251 e. The Labute approximate surface area is 114 Å². The van der Waals surface area contributed by atoms with Crippen LogP contribution in [0.1, 0.15) is 42.1 Å². The predicted molar refractivity (Wildman–Crippen MR) is 73.8 cm³/mol. The average molecular weight is 267 g/mol. The summed E-state index contributed by atoms with van der Waals surface area (Å²) >= 11 is 0. The molecule has 0 saturated carbocycles. The van der Waals surface area contributed by atoms with Gasteiger partial charge in [0, 0.05) is 25.3 Å². The molecule has 0 radical (unpaired) electrons. The van der Waals surface area contributed by atoms with Gasteiger partial charge in [0.1, 0.15) is 5.82 Å². The maximum Gasteiger partial charge on any atom is 0.251 e. The Morgan fingerprint density at radius 2 is 2.05 bits per heavy atom. The quantitative estimate of drug-likeness (QED) is 0.735. The van der Waals surface area contributed by atoms with Gasteiger partial charge < -0.3 is 10.1 Å². The second-order valence-electron chi connectivity index (χ2n) is 4.54. The molecular formula is C15H22FNO2. The number of aryl methyl sites for hydroxylation is 1. The molecule has 0 unspecified atom stereocenters. The highest BCUT2D eigenvalue weighted by atomic mass is 19.1. The lowest BCUT2D eigenvalue weighted by Gasteiger charge is -2.06. The van der Waals surface area contributed by atoms with Crippen LogP contribution in [-0.4, -0.2) is 25.7 Å². The topological polar surface area (TPSA) is 38.3 Å². The first-order chi connectivity index (χ1) is 9.15. The molecule has 0 atom stereocenters. The number of carbonyl (C=O) groups excluding carboxylic acids is 1. The summed E-state index contributed by atoms with van der Waals surface area (Å²) in [4.78, 5) is 11.7. The minimum Gasteiger partial charge on any atom is -0.381 e. The fourth-order valence-corrected chi connectivity index (χ4v) is 1.56. The second kappa shape index (κ2) is 8.64. The van der Waals surface area contributed by atoms with E-state index in [1.54, 1.807) is 19.1 Å². The minimum atomic E-state index is -0.351. The van der Waals surface area contributed by atoms with Crippen molar-refractivity contribution in [3.8, 4) is 0 Å². The molecule has 4 heteroatoms. The van der Waals surface area contributed by atoms with E-state index in [1.165, 1.54) is 6.07 Å². The molecule has 1 amide bonds. The van der Waals surface area contributed by atoms with Crippen LogP contribution in [0.25, 0.3) is 0 Å². The van der Waals surface area contributed by atoms with E-state index in [4.69, 9.17) is 4.74 Å². The Bertz CT molecular complexity index is 407. The van der Waals surface area contributed by atoms with Gasteiger partial charge in [0.25, 0.3) is 5.91 Å². The Morgan fingerprint density at radius 1 is 1.32 bits per heavy atom. The van der Waals surface area contributed by atoms with Crippen molar-refractivity contribution in [1.82, 2.24) is 5.32 Å². The van der Waals surface area contributed by atoms with Gasteiger partial charge in [0.15, 0.2) is 0 Å². The van der Waals surface area contributed by atoms with Gasteiger partial charge in [0.2, 0.25) is 0 Å². The first kappa shape index (κ1) is 15.6. The molecular weight excluding hydrogens is 245 g/mol. The number of hydrogen-bond donors (Lipinski definition) is 1. The molecule has 106 valence electrons. The third-order valence-electron chi connectivity index (χ3n) is 2.83. The number of benzene rings is 1. The van der Waals surface area contributed by atoms with Crippen LogP contribution in [-0.2, 0) is 4.74 Å². The number of ether oxygens (including phenoxy) is 1. The summed E-state index contributed by atoms with van der Waals surface area (Å²) in [5, 5.41) is 2.75. The lowest BCUT2D eigenvalue weighted by Crippen LogP contribution is -2.25. The molecule has 0 spiro atoms. The predicted octanol–water partition coefficient (Wildman–Crippen LogP) is 3.07. The van der Waals surface area contributed by atoms with Crippen LogP contribution in [0.15, 0.2) is 18.2 Å². The summed E-state index contributed by atoms with van der Waals surface area (Å²) in [6.07, 6.45) is 2.95. The van der Waals surface area contributed by atoms with Gasteiger partial charge in [-0.2, -0.15) is 0 Å². The van der Waals surface area contributed by atoms with E-state index in [9.17, 15) is 9.18 Å². The van der Waals surface area contributed by atoms with Crippen LogP contribution in [0.2, 0.25) is 0 Å². The van der Waals surface area contributed by atoms with Gasteiger partial charge >= 0.3 is 0 Å². The van der Waals surface area contributed by atoms with Crippen LogP contribution in [0.5, 0.6) is 0 Å². The lowest BCUT2D eigenvalue weighted by atomic mass is 10.1. The van der Waals surface area contributed by atoms with E-state index in [-0.39, 0.29) is 11.7 Å². The highest BCUT2D eigenvalue weighted by Gasteiger charge is 2.07. The molecule has 0 aromatic heterocycles. The minimum absolute atomic E-state index is 0.243. The Kier molecular flexibility index (Phi) is 7.11. The van der Waals surface area contributed by atoms with Gasteiger partial charge in [-0.1, -0.05) is 19.4 Å². The number of hydrogen-bond acceptors (Lipinski definition) is 2. The largest absolute Gasteiger partial charge is 0.381 e. The fourth-order valence-electron chi connectivity index (χ4n) is 1.56. The van der Waals surface area contributed by atoms with Crippen molar-refractivity contribution in [3.63, 3.8) is 0 Å². The normalized spacial score (nSPS) is 10.5. The molecule has 0 heterocycles. The van der Waals surface area contributed by atoms with Crippen LogP contribution >= 0.6 is 0 Å². The van der Waals surface area contributed by atoms with Gasteiger partial charge in [-0.15, -0.1) is 0 Å². The summed E-state index contributed by atoms with van der Waals surface area (Å²) in [5.41, 5.74) is 0.899. The first-order valence-electron chi connectivity index (χ1n) is 6.77. The molecule has 1 N–H and O–H groups in total. The van der Waals surface area contributed by atoms with Crippen molar-refractivity contribution in [2.24, 2.45) is 0 Å². The van der Waals surface area contributed by atoms with Crippen molar-refractivity contribution in [2.45, 2.75) is 33.1 Å². The summed E-state index contributed by atoms with van der Waals surface area (Å²) in [5.74, 6) is -0.594. The highest BCUT2D eigenvalue weighted by molar-refractivity contribution is 5.94. The molecule has 1 aromatic carbocycles. The molecule has 0 fully saturated rings. The summed E-state index contributed by atoms with van der Waals surface area (Å²) in [6, 6.07) is 4.51. The van der Waals surface area contributed by atoms with Gasteiger partial charge in [0.05, 0.1) is 0 Å². The van der Waals surface area contributed by atoms with Crippen molar-refractivity contribution >= 4 is 5.91 Å². The third-order valence-corrected chi connectivity index (χ3v) is 2.83. The van der Waals surface area contributed by atoms with E-state index in [0.29, 0.717) is 24.3 Å². The molecule has 1 rings (SSSR count). The number of unbranched alkanes of at least 4 members (excludes halogenated alkanes) is 1. The maximum atomic E-state index is 13.3. The zero-order valence-electron chi connectivity index (χ0n) is 11.7. The number of carbonyl (C=O) groups is 1. The van der Waals surface area contributed by atoms with Crippen LogP contribution in [0.3, 0.4) is 0 Å². The van der Waals surface area contributed by atoms with E-state index in [1.807, 2.05) is 0 Å². The zero-order valence-corrected chi connectivity index (χ0v) is 11.7. The van der Waals surface area contributed by atoms with Gasteiger partial charge in [-0.3, -0.25) is 4.79 Å². The molecule has 0 aliphatic rings. The Balaban J connectivity index is 2.22. The van der Waals surface area contributed by atoms with Crippen molar-refractivity contribution in [1.29, 1.82) is 0 Å². The lowest BCUT2D eigenvalue weighted by molar-refractivity contribution is 0.0940. The first-order valence-corrected chi connectivity index (χ1v) is 6.77. The van der Waals surface area contributed by atoms with Gasteiger partial charge in [-0.25, -0.2) is 4.39 Å². The molecule has 0 aliphatic carbocycles. The molecule has 0 aliphatic heterocycles. The second-order valence-corrected chi connectivity index (χ2v) is 4.54. The standard InChI is InChI=1S/C15H22FNO2/c1-3-4-9-19-10-5-8-17-15(18)13-7-6-12(2)14(16)11-13/h6-7,11H,3-5,8-10H2,1-2H3,(H,17,18). The van der Waals surface area contributed by atoms with Crippen LogP contribution < -0.4 is 5.32 Å². The van der Waals surface area contributed by atoms with Crippen molar-refractivity contribution in [2.75, 3.05) is 19.8 Å². The summed E-state index contributed by atoms with van der Waals surface area (Å²) < 4.78 is 18.7.